The Kier molecular flexibility index (Phi) is 4.73. The molecule has 0 radical (unpaired) electrons. The number of carbonyl (C=O) groups excluding carboxylic acids is 1. The Bertz CT molecular complexity index is 646. The zero-order chi connectivity index (χ0) is 14.7. The number of hydrogen-bond acceptors (Lipinski definition) is 3. The molecule has 20 heavy (non-hydrogen) atoms. The summed E-state index contributed by atoms with van der Waals surface area (Å²) in [4.78, 5) is 20.5. The molecular formula is C14H13BrClN3O. The number of hydrogen-bond donors (Lipinski definition) is 1. The zero-order valence-electron chi connectivity index (χ0n) is 11.0. The minimum atomic E-state index is -0.268. The molecule has 104 valence electrons. The standard InChI is InChI=1S/C14H13BrClN3O/c1-8(2)11-6-9(7-12(16)18-11)14(20)19-13-10(15)4-3-5-17-13/h3-8H,1-2H3,(H,17,19,20). The van der Waals surface area contributed by atoms with Gasteiger partial charge in [0.1, 0.15) is 11.0 Å². The maximum absolute atomic E-state index is 12.2. The predicted octanol–water partition coefficient (Wildman–Crippen LogP) is 4.27. The molecule has 0 aliphatic rings. The summed E-state index contributed by atoms with van der Waals surface area (Å²) in [5, 5.41) is 3.04. The predicted molar refractivity (Wildman–Crippen MR) is 83.2 cm³/mol. The lowest BCUT2D eigenvalue weighted by Crippen LogP contribution is -2.14. The van der Waals surface area contributed by atoms with Gasteiger partial charge in [-0.15, -0.1) is 0 Å². The summed E-state index contributed by atoms with van der Waals surface area (Å²) >= 11 is 9.29. The van der Waals surface area contributed by atoms with Gasteiger partial charge in [0, 0.05) is 17.5 Å². The molecule has 1 amide bonds. The van der Waals surface area contributed by atoms with Crippen LogP contribution in [0.25, 0.3) is 0 Å². The SMILES string of the molecule is CC(C)c1cc(C(=O)Nc2ncccc2Br)cc(Cl)n1. The van der Waals surface area contributed by atoms with Crippen LogP contribution in [0, 0.1) is 0 Å². The lowest BCUT2D eigenvalue weighted by atomic mass is 10.1. The third kappa shape index (κ3) is 3.55. The summed E-state index contributed by atoms with van der Waals surface area (Å²) in [6, 6.07) is 6.87. The lowest BCUT2D eigenvalue weighted by Gasteiger charge is -2.09. The van der Waals surface area contributed by atoms with Crippen molar-refractivity contribution in [2.75, 3.05) is 5.32 Å². The van der Waals surface area contributed by atoms with Gasteiger partial charge < -0.3 is 5.32 Å². The molecular weight excluding hydrogens is 342 g/mol. The maximum atomic E-state index is 12.2. The Hall–Kier alpha value is -1.46. The van der Waals surface area contributed by atoms with Gasteiger partial charge in [0.2, 0.25) is 0 Å². The topological polar surface area (TPSA) is 54.9 Å². The molecule has 0 aliphatic heterocycles. The highest BCUT2D eigenvalue weighted by molar-refractivity contribution is 9.10. The summed E-state index contributed by atoms with van der Waals surface area (Å²) in [6.07, 6.45) is 1.61. The van der Waals surface area contributed by atoms with Crippen LogP contribution in [0.4, 0.5) is 5.82 Å². The van der Waals surface area contributed by atoms with Crippen LogP contribution >= 0.6 is 27.5 Å². The third-order valence-electron chi connectivity index (χ3n) is 2.66. The van der Waals surface area contributed by atoms with E-state index in [1.807, 2.05) is 19.9 Å². The number of halogens is 2. The molecule has 0 unspecified atom stereocenters. The van der Waals surface area contributed by atoms with Gasteiger partial charge in [-0.3, -0.25) is 4.79 Å². The summed E-state index contributed by atoms with van der Waals surface area (Å²) in [7, 11) is 0. The van der Waals surface area contributed by atoms with Crippen LogP contribution in [0.15, 0.2) is 34.9 Å². The molecule has 6 heteroatoms. The Morgan fingerprint density at radius 3 is 2.80 bits per heavy atom. The molecule has 0 fully saturated rings. The van der Waals surface area contributed by atoms with Crippen LogP contribution in [0.2, 0.25) is 5.15 Å². The van der Waals surface area contributed by atoms with E-state index in [0.29, 0.717) is 16.5 Å². The van der Waals surface area contributed by atoms with E-state index in [0.717, 1.165) is 10.2 Å². The number of nitrogens with one attached hydrogen (secondary N) is 1. The molecule has 4 nitrogen and oxygen atoms in total. The third-order valence-corrected chi connectivity index (χ3v) is 3.49. The number of aromatic nitrogens is 2. The van der Waals surface area contributed by atoms with E-state index >= 15 is 0 Å². The van der Waals surface area contributed by atoms with E-state index in [4.69, 9.17) is 11.6 Å². The maximum Gasteiger partial charge on any atom is 0.257 e. The molecule has 2 rings (SSSR count). The number of amides is 1. The number of pyridine rings is 2. The number of rotatable bonds is 3. The molecule has 0 atom stereocenters. The second kappa shape index (κ2) is 6.33. The van der Waals surface area contributed by atoms with Gasteiger partial charge in [-0.05, 0) is 46.1 Å². The molecule has 2 aromatic rings. The average Bonchev–Trinajstić information content (AvgIpc) is 2.40. The first-order valence-corrected chi connectivity index (χ1v) is 7.24. The fraction of sp³-hybridized carbons (Fsp3) is 0.214. The molecule has 0 saturated carbocycles. The second-order valence-electron chi connectivity index (χ2n) is 4.55. The Balaban J connectivity index is 2.28. The molecule has 0 aromatic carbocycles. The van der Waals surface area contributed by atoms with Crippen LogP contribution in [0.3, 0.4) is 0 Å². The van der Waals surface area contributed by atoms with Crippen molar-refractivity contribution in [3.05, 3.63) is 51.3 Å². The fourth-order valence-corrected chi connectivity index (χ4v) is 2.17. The van der Waals surface area contributed by atoms with E-state index in [2.05, 4.69) is 31.2 Å². The molecule has 1 N–H and O–H groups in total. The normalized spacial score (nSPS) is 10.7. The van der Waals surface area contributed by atoms with Crippen LogP contribution in [0.1, 0.15) is 35.8 Å². The molecule has 2 heterocycles. The Labute approximate surface area is 130 Å². The summed E-state index contributed by atoms with van der Waals surface area (Å²) in [5.41, 5.74) is 1.24. The van der Waals surface area contributed by atoms with Crippen LogP contribution in [-0.2, 0) is 0 Å². The van der Waals surface area contributed by atoms with Crippen molar-refractivity contribution >= 4 is 39.3 Å². The van der Waals surface area contributed by atoms with E-state index in [9.17, 15) is 4.79 Å². The van der Waals surface area contributed by atoms with Crippen LogP contribution < -0.4 is 5.32 Å². The van der Waals surface area contributed by atoms with Gasteiger partial charge in [0.15, 0.2) is 0 Å². The lowest BCUT2D eigenvalue weighted by molar-refractivity contribution is 0.102. The summed E-state index contributed by atoms with van der Waals surface area (Å²) < 4.78 is 0.720. The van der Waals surface area contributed by atoms with E-state index in [1.165, 1.54) is 0 Å². The van der Waals surface area contributed by atoms with E-state index < -0.39 is 0 Å². The monoisotopic (exact) mass is 353 g/mol. The zero-order valence-corrected chi connectivity index (χ0v) is 13.4. The summed E-state index contributed by atoms with van der Waals surface area (Å²) in [5.74, 6) is 0.397. The minimum absolute atomic E-state index is 0.196. The van der Waals surface area contributed by atoms with Crippen LogP contribution in [-0.4, -0.2) is 15.9 Å². The number of anilines is 1. The van der Waals surface area contributed by atoms with Crippen molar-refractivity contribution in [3.63, 3.8) is 0 Å². The Morgan fingerprint density at radius 1 is 1.40 bits per heavy atom. The van der Waals surface area contributed by atoms with Gasteiger partial charge in [-0.2, -0.15) is 0 Å². The highest BCUT2D eigenvalue weighted by Crippen LogP contribution is 2.21. The molecule has 0 spiro atoms. The van der Waals surface area contributed by atoms with Crippen molar-refractivity contribution in [1.29, 1.82) is 0 Å². The quantitative estimate of drug-likeness (QED) is 0.838. The highest BCUT2D eigenvalue weighted by atomic mass is 79.9. The molecule has 2 aromatic heterocycles. The van der Waals surface area contributed by atoms with E-state index in [-0.39, 0.29) is 11.8 Å². The molecule has 0 saturated heterocycles. The van der Waals surface area contributed by atoms with Gasteiger partial charge >= 0.3 is 0 Å². The van der Waals surface area contributed by atoms with Gasteiger partial charge in [0.05, 0.1) is 4.47 Å². The highest BCUT2D eigenvalue weighted by Gasteiger charge is 2.13. The van der Waals surface area contributed by atoms with Gasteiger partial charge in [-0.25, -0.2) is 9.97 Å². The number of carbonyl (C=O) groups is 1. The number of nitrogens with zero attached hydrogens (tertiary/aromatic N) is 2. The fourth-order valence-electron chi connectivity index (χ4n) is 1.60. The second-order valence-corrected chi connectivity index (χ2v) is 5.79. The van der Waals surface area contributed by atoms with Crippen molar-refractivity contribution in [2.24, 2.45) is 0 Å². The largest absolute Gasteiger partial charge is 0.306 e. The smallest absolute Gasteiger partial charge is 0.257 e. The first kappa shape index (κ1) is 14.9. The van der Waals surface area contributed by atoms with Gasteiger partial charge in [0.25, 0.3) is 5.91 Å². The summed E-state index contributed by atoms with van der Waals surface area (Å²) in [6.45, 7) is 3.99. The Morgan fingerprint density at radius 2 is 2.15 bits per heavy atom. The van der Waals surface area contributed by atoms with Crippen molar-refractivity contribution in [3.8, 4) is 0 Å². The molecule has 0 bridgehead atoms. The molecule has 0 aliphatic carbocycles. The minimum Gasteiger partial charge on any atom is -0.306 e. The first-order valence-electron chi connectivity index (χ1n) is 6.06. The van der Waals surface area contributed by atoms with Gasteiger partial charge in [-0.1, -0.05) is 25.4 Å². The van der Waals surface area contributed by atoms with E-state index in [1.54, 1.807) is 24.4 Å². The van der Waals surface area contributed by atoms with Crippen LogP contribution in [0.5, 0.6) is 0 Å². The van der Waals surface area contributed by atoms with Crippen molar-refractivity contribution < 1.29 is 4.79 Å². The van der Waals surface area contributed by atoms with Crippen molar-refractivity contribution in [2.45, 2.75) is 19.8 Å². The van der Waals surface area contributed by atoms with Crippen molar-refractivity contribution in [1.82, 2.24) is 9.97 Å². The first-order chi connectivity index (χ1) is 9.47. The average molecular weight is 355 g/mol.